The van der Waals surface area contributed by atoms with Gasteiger partial charge in [0.25, 0.3) is 0 Å². The Hall–Kier alpha value is -2.15. The van der Waals surface area contributed by atoms with Crippen molar-refractivity contribution < 1.29 is 4.79 Å². The van der Waals surface area contributed by atoms with Crippen LogP contribution < -0.4 is 5.32 Å². The molecule has 0 aromatic carbocycles. The van der Waals surface area contributed by atoms with E-state index < -0.39 is 0 Å². The lowest BCUT2D eigenvalue weighted by Gasteiger charge is -2.01. The lowest BCUT2D eigenvalue weighted by atomic mass is 10.3. The lowest BCUT2D eigenvalue weighted by Crippen LogP contribution is -2.15. The van der Waals surface area contributed by atoms with Gasteiger partial charge in [0.2, 0.25) is 5.91 Å². The molecule has 1 N–H and O–H groups in total. The van der Waals surface area contributed by atoms with Crippen molar-refractivity contribution in [1.29, 1.82) is 0 Å². The number of nitrogens with one attached hydrogen (secondary N) is 1. The molecule has 6 nitrogen and oxygen atoms in total. The Kier molecular flexibility index (Phi) is 3.74. The first kappa shape index (κ1) is 13.8. The van der Waals surface area contributed by atoms with Gasteiger partial charge in [-0.15, -0.1) is 11.3 Å². The van der Waals surface area contributed by atoms with Crippen LogP contribution in [0.25, 0.3) is 4.96 Å². The summed E-state index contributed by atoms with van der Waals surface area (Å²) in [6.45, 7) is 4.95. The van der Waals surface area contributed by atoms with E-state index in [2.05, 4.69) is 22.3 Å². The average Bonchev–Trinajstić information content (AvgIpc) is 3.06. The van der Waals surface area contributed by atoms with Crippen LogP contribution >= 0.6 is 11.3 Å². The third-order valence-electron chi connectivity index (χ3n) is 3.17. The molecule has 110 valence electrons. The predicted octanol–water partition coefficient (Wildman–Crippen LogP) is 2.49. The Bertz CT molecular complexity index is 741. The van der Waals surface area contributed by atoms with Crippen LogP contribution in [0.2, 0.25) is 0 Å². The predicted molar refractivity (Wildman–Crippen MR) is 82.7 cm³/mol. The van der Waals surface area contributed by atoms with E-state index in [0.717, 1.165) is 29.3 Å². The highest BCUT2D eigenvalue weighted by atomic mass is 32.1. The number of amides is 1. The van der Waals surface area contributed by atoms with Gasteiger partial charge in [0.05, 0.1) is 12.1 Å². The van der Waals surface area contributed by atoms with E-state index in [1.165, 1.54) is 0 Å². The van der Waals surface area contributed by atoms with E-state index in [1.54, 1.807) is 11.3 Å². The normalized spacial score (nSPS) is 11.1. The quantitative estimate of drug-likeness (QED) is 0.787. The fourth-order valence-corrected chi connectivity index (χ4v) is 2.94. The molecule has 1 amide bonds. The molecule has 0 spiro atoms. The smallest absolute Gasteiger partial charge is 0.231 e. The summed E-state index contributed by atoms with van der Waals surface area (Å²) in [6, 6.07) is 1.89. The third-order valence-corrected chi connectivity index (χ3v) is 3.94. The molecule has 3 rings (SSSR count). The van der Waals surface area contributed by atoms with Crippen LogP contribution in [-0.2, 0) is 17.8 Å². The Morgan fingerprint density at radius 1 is 1.48 bits per heavy atom. The molecular formula is C14H17N5OS. The summed E-state index contributed by atoms with van der Waals surface area (Å²) in [4.78, 5) is 17.4. The largest absolute Gasteiger partial charge is 0.309 e. The average molecular weight is 303 g/mol. The number of carbonyl (C=O) groups excluding carboxylic acids is 1. The van der Waals surface area contributed by atoms with Crippen molar-refractivity contribution in [3.63, 3.8) is 0 Å². The number of aryl methyl sites for hydroxylation is 2. The van der Waals surface area contributed by atoms with E-state index in [9.17, 15) is 4.79 Å². The van der Waals surface area contributed by atoms with Crippen LogP contribution in [0.1, 0.15) is 24.7 Å². The number of hydrogen-bond acceptors (Lipinski definition) is 4. The van der Waals surface area contributed by atoms with E-state index in [0.29, 0.717) is 5.82 Å². The van der Waals surface area contributed by atoms with Crippen molar-refractivity contribution in [2.75, 3.05) is 5.32 Å². The zero-order valence-corrected chi connectivity index (χ0v) is 12.9. The third kappa shape index (κ3) is 2.97. The summed E-state index contributed by atoms with van der Waals surface area (Å²) in [5.41, 5.74) is 1.82. The molecule has 0 aliphatic rings. The molecule has 3 aromatic heterocycles. The highest BCUT2D eigenvalue weighted by Crippen LogP contribution is 2.13. The molecule has 21 heavy (non-hydrogen) atoms. The molecule has 0 aliphatic heterocycles. The molecule has 0 aliphatic carbocycles. The summed E-state index contributed by atoms with van der Waals surface area (Å²) in [5.74, 6) is 0.508. The summed E-state index contributed by atoms with van der Waals surface area (Å²) in [7, 11) is 0. The molecule has 0 fully saturated rings. The van der Waals surface area contributed by atoms with Crippen LogP contribution in [0.15, 0.2) is 23.8 Å². The van der Waals surface area contributed by atoms with Crippen molar-refractivity contribution >= 4 is 28.0 Å². The number of rotatable bonds is 5. The van der Waals surface area contributed by atoms with Gasteiger partial charge in [0.15, 0.2) is 10.8 Å². The van der Waals surface area contributed by atoms with Crippen LogP contribution in [0, 0.1) is 6.92 Å². The van der Waals surface area contributed by atoms with Gasteiger partial charge in [0.1, 0.15) is 0 Å². The second-order valence-corrected chi connectivity index (χ2v) is 5.82. The van der Waals surface area contributed by atoms with E-state index >= 15 is 0 Å². The fraction of sp³-hybridized carbons (Fsp3) is 0.357. The van der Waals surface area contributed by atoms with Crippen LogP contribution in [-0.4, -0.2) is 25.1 Å². The zero-order chi connectivity index (χ0) is 14.8. The number of hydrogen-bond donors (Lipinski definition) is 1. The first-order chi connectivity index (χ1) is 10.2. The highest BCUT2D eigenvalue weighted by Gasteiger charge is 2.11. The van der Waals surface area contributed by atoms with Crippen LogP contribution in [0.3, 0.4) is 0 Å². The second kappa shape index (κ2) is 5.69. The second-order valence-electron chi connectivity index (χ2n) is 4.94. The van der Waals surface area contributed by atoms with Gasteiger partial charge in [-0.3, -0.25) is 13.9 Å². The number of anilines is 1. The minimum Gasteiger partial charge on any atom is -0.309 e. The number of nitrogens with zero attached hydrogens (tertiary/aromatic N) is 4. The number of imidazole rings is 1. The summed E-state index contributed by atoms with van der Waals surface area (Å²) in [6.07, 6.45) is 5.09. The molecule has 0 radical (unpaired) electrons. The minimum absolute atomic E-state index is 0.0955. The van der Waals surface area contributed by atoms with Crippen LogP contribution in [0.4, 0.5) is 5.82 Å². The maximum atomic E-state index is 12.1. The summed E-state index contributed by atoms with van der Waals surface area (Å²) < 4.78 is 3.83. The van der Waals surface area contributed by atoms with Gasteiger partial charge >= 0.3 is 0 Å². The van der Waals surface area contributed by atoms with E-state index in [1.807, 2.05) is 39.8 Å². The Balaban J connectivity index is 1.65. The van der Waals surface area contributed by atoms with Gasteiger partial charge in [-0.2, -0.15) is 5.10 Å². The lowest BCUT2D eigenvalue weighted by molar-refractivity contribution is -0.115. The monoisotopic (exact) mass is 303 g/mol. The van der Waals surface area contributed by atoms with Crippen molar-refractivity contribution in [1.82, 2.24) is 19.2 Å². The molecule has 0 saturated carbocycles. The molecule has 3 aromatic rings. The molecule has 0 saturated heterocycles. The Morgan fingerprint density at radius 2 is 2.33 bits per heavy atom. The zero-order valence-electron chi connectivity index (χ0n) is 12.0. The first-order valence-corrected chi connectivity index (χ1v) is 7.79. The maximum Gasteiger partial charge on any atom is 0.231 e. The fourth-order valence-electron chi connectivity index (χ4n) is 2.22. The molecule has 0 bridgehead atoms. The Labute approximate surface area is 126 Å². The number of thiazole rings is 1. The van der Waals surface area contributed by atoms with Gasteiger partial charge in [0, 0.05) is 36.1 Å². The molecular weight excluding hydrogens is 286 g/mol. The minimum atomic E-state index is -0.0955. The standard InChI is InChI=1S/C14H17N5OS/c1-3-4-19-10(2)7-12(17-19)16-13(20)8-11-9-18-5-6-21-14(18)15-11/h5-7,9H,3-4,8H2,1-2H3,(H,16,17,20). The molecule has 3 heterocycles. The number of aromatic nitrogens is 4. The van der Waals surface area contributed by atoms with Crippen molar-refractivity contribution in [2.45, 2.75) is 33.2 Å². The van der Waals surface area contributed by atoms with E-state index in [4.69, 9.17) is 0 Å². The SMILES string of the molecule is CCCn1nc(NC(=O)Cc2cn3ccsc3n2)cc1C. The highest BCUT2D eigenvalue weighted by molar-refractivity contribution is 7.15. The van der Waals surface area contributed by atoms with Crippen LogP contribution in [0.5, 0.6) is 0 Å². The Morgan fingerprint density at radius 3 is 3.10 bits per heavy atom. The first-order valence-electron chi connectivity index (χ1n) is 6.91. The van der Waals surface area contributed by atoms with Gasteiger partial charge in [-0.1, -0.05) is 6.92 Å². The molecule has 0 unspecified atom stereocenters. The van der Waals surface area contributed by atoms with Crippen molar-refractivity contribution in [3.8, 4) is 0 Å². The topological polar surface area (TPSA) is 64.2 Å². The van der Waals surface area contributed by atoms with Crippen molar-refractivity contribution in [2.24, 2.45) is 0 Å². The van der Waals surface area contributed by atoms with Crippen molar-refractivity contribution in [3.05, 3.63) is 35.2 Å². The van der Waals surface area contributed by atoms with Gasteiger partial charge in [-0.25, -0.2) is 4.98 Å². The van der Waals surface area contributed by atoms with Gasteiger partial charge in [-0.05, 0) is 13.3 Å². The molecule has 0 atom stereocenters. The molecule has 7 heteroatoms. The maximum absolute atomic E-state index is 12.1. The number of carbonyl (C=O) groups is 1. The summed E-state index contributed by atoms with van der Waals surface area (Å²) in [5, 5.41) is 9.17. The number of fused-ring (bicyclic) bond motifs is 1. The van der Waals surface area contributed by atoms with E-state index in [-0.39, 0.29) is 12.3 Å². The summed E-state index contributed by atoms with van der Waals surface area (Å²) >= 11 is 1.55. The van der Waals surface area contributed by atoms with Gasteiger partial charge < -0.3 is 5.32 Å².